The van der Waals surface area contributed by atoms with Gasteiger partial charge in [0.2, 0.25) is 5.91 Å². The predicted octanol–water partition coefficient (Wildman–Crippen LogP) is 3.41. The van der Waals surface area contributed by atoms with E-state index >= 15 is 0 Å². The summed E-state index contributed by atoms with van der Waals surface area (Å²) in [6.45, 7) is 3.72. The van der Waals surface area contributed by atoms with E-state index < -0.39 is 0 Å². The van der Waals surface area contributed by atoms with Crippen molar-refractivity contribution in [1.82, 2.24) is 9.97 Å². The van der Waals surface area contributed by atoms with Crippen molar-refractivity contribution < 1.29 is 4.79 Å². The average molecular weight is 345 g/mol. The highest BCUT2D eigenvalue weighted by atomic mass is 32.2. The molecule has 0 fully saturated rings. The van der Waals surface area contributed by atoms with Crippen LogP contribution in [0.1, 0.15) is 11.8 Å². The number of aromatic nitrogens is 2. The number of amides is 1. The van der Waals surface area contributed by atoms with Crippen molar-refractivity contribution in [2.24, 2.45) is 0 Å². The lowest BCUT2D eigenvalue weighted by molar-refractivity contribution is -0.115. The Morgan fingerprint density at radius 2 is 2.09 bits per heavy atom. The quantitative estimate of drug-likeness (QED) is 0.561. The minimum atomic E-state index is -0.378. The highest BCUT2D eigenvalue weighted by molar-refractivity contribution is 8.00. The molecule has 1 aromatic carbocycles. The number of aryl methyl sites for hydroxylation is 1. The first-order valence-corrected chi connectivity index (χ1v) is 8.75. The van der Waals surface area contributed by atoms with Crippen LogP contribution in [0.4, 0.5) is 5.69 Å². The largest absolute Gasteiger partial charge is 0.325 e. The number of hydrogen-bond acceptors (Lipinski definition) is 5. The fourth-order valence-corrected chi connectivity index (χ4v) is 3.81. The summed E-state index contributed by atoms with van der Waals surface area (Å²) in [4.78, 5) is 33.2. The van der Waals surface area contributed by atoms with Crippen molar-refractivity contribution in [2.75, 3.05) is 5.32 Å². The normalized spacial score (nSPS) is 12.3. The zero-order chi connectivity index (χ0) is 16.4. The Kier molecular flexibility index (Phi) is 4.49. The van der Waals surface area contributed by atoms with Gasteiger partial charge >= 0.3 is 0 Å². The van der Waals surface area contributed by atoms with Gasteiger partial charge in [0.1, 0.15) is 4.83 Å². The van der Waals surface area contributed by atoms with Crippen molar-refractivity contribution in [2.45, 2.75) is 24.3 Å². The number of hydrogen-bond donors (Lipinski definition) is 2. The molecule has 0 spiro atoms. The molecule has 0 saturated heterocycles. The lowest BCUT2D eigenvalue weighted by Gasteiger charge is -2.11. The summed E-state index contributed by atoms with van der Waals surface area (Å²) in [5, 5.41) is 3.52. The molecule has 2 N–H and O–H groups in total. The number of para-hydroxylation sites is 1. The van der Waals surface area contributed by atoms with E-state index in [2.05, 4.69) is 15.3 Å². The van der Waals surface area contributed by atoms with Crippen LogP contribution in [0, 0.1) is 6.92 Å². The van der Waals surface area contributed by atoms with Gasteiger partial charge in [-0.25, -0.2) is 4.98 Å². The van der Waals surface area contributed by atoms with Crippen LogP contribution in [0.5, 0.6) is 0 Å². The van der Waals surface area contributed by atoms with E-state index in [1.54, 1.807) is 6.92 Å². The SMILES string of the molecule is Cc1cc2c(=O)[nH]c(SC(C)C(=O)Nc3ccccc3)nc2s1. The summed E-state index contributed by atoms with van der Waals surface area (Å²) in [6, 6.07) is 11.1. The molecule has 3 rings (SSSR count). The highest BCUT2D eigenvalue weighted by Gasteiger charge is 2.17. The van der Waals surface area contributed by atoms with Gasteiger partial charge in [-0.05, 0) is 32.0 Å². The van der Waals surface area contributed by atoms with Gasteiger partial charge < -0.3 is 10.3 Å². The molecule has 1 amide bonds. The molecule has 7 heteroatoms. The molecule has 0 aliphatic heterocycles. The molecule has 1 atom stereocenters. The number of carbonyl (C=O) groups is 1. The first-order chi connectivity index (χ1) is 11.0. The first kappa shape index (κ1) is 15.8. The Hall–Kier alpha value is -2.12. The third-order valence-electron chi connectivity index (χ3n) is 3.20. The van der Waals surface area contributed by atoms with E-state index in [-0.39, 0.29) is 16.7 Å². The Morgan fingerprint density at radius 3 is 2.83 bits per heavy atom. The topological polar surface area (TPSA) is 74.8 Å². The van der Waals surface area contributed by atoms with Gasteiger partial charge in [0.15, 0.2) is 5.16 Å². The third kappa shape index (κ3) is 3.62. The van der Waals surface area contributed by atoms with Crippen LogP contribution in [0.3, 0.4) is 0 Å². The number of nitrogens with one attached hydrogen (secondary N) is 2. The number of thioether (sulfide) groups is 1. The molecule has 0 aliphatic carbocycles. The molecular formula is C16H15N3O2S2. The maximum absolute atomic E-state index is 12.2. The summed E-state index contributed by atoms with van der Waals surface area (Å²) in [5.41, 5.74) is 0.577. The molecule has 118 valence electrons. The van der Waals surface area contributed by atoms with Crippen LogP contribution < -0.4 is 10.9 Å². The van der Waals surface area contributed by atoms with Crippen LogP contribution >= 0.6 is 23.1 Å². The second kappa shape index (κ2) is 6.55. The van der Waals surface area contributed by atoms with E-state index in [4.69, 9.17) is 0 Å². The van der Waals surface area contributed by atoms with Crippen LogP contribution in [-0.2, 0) is 4.79 Å². The van der Waals surface area contributed by atoms with Gasteiger partial charge in [-0.15, -0.1) is 11.3 Å². The first-order valence-electron chi connectivity index (χ1n) is 7.06. The average Bonchev–Trinajstić information content (AvgIpc) is 2.89. The molecule has 0 bridgehead atoms. The molecule has 5 nitrogen and oxygen atoms in total. The zero-order valence-corrected chi connectivity index (χ0v) is 14.3. The van der Waals surface area contributed by atoms with Gasteiger partial charge in [-0.3, -0.25) is 9.59 Å². The summed E-state index contributed by atoms with van der Waals surface area (Å²) in [5.74, 6) is -0.133. The number of anilines is 1. The minimum absolute atomic E-state index is 0.133. The van der Waals surface area contributed by atoms with Crippen molar-refractivity contribution in [1.29, 1.82) is 0 Å². The number of rotatable bonds is 4. The summed E-state index contributed by atoms with van der Waals surface area (Å²) in [7, 11) is 0. The Labute approximate surface area is 141 Å². The van der Waals surface area contributed by atoms with Gasteiger partial charge in [0.05, 0.1) is 10.6 Å². The fraction of sp³-hybridized carbons (Fsp3) is 0.188. The van der Waals surface area contributed by atoms with Gasteiger partial charge in [-0.2, -0.15) is 0 Å². The van der Waals surface area contributed by atoms with E-state index in [1.165, 1.54) is 23.1 Å². The van der Waals surface area contributed by atoms with Crippen molar-refractivity contribution >= 4 is 44.9 Å². The van der Waals surface area contributed by atoms with Crippen molar-refractivity contribution in [3.8, 4) is 0 Å². The lowest BCUT2D eigenvalue weighted by atomic mass is 10.3. The highest BCUT2D eigenvalue weighted by Crippen LogP contribution is 2.25. The van der Waals surface area contributed by atoms with Crippen LogP contribution in [-0.4, -0.2) is 21.1 Å². The molecule has 0 saturated carbocycles. The Bertz CT molecular complexity index is 903. The zero-order valence-electron chi connectivity index (χ0n) is 12.6. The summed E-state index contributed by atoms with van der Waals surface area (Å²) >= 11 is 2.71. The second-order valence-corrected chi connectivity index (χ2v) is 7.63. The number of fused-ring (bicyclic) bond motifs is 1. The predicted molar refractivity (Wildman–Crippen MR) is 95.4 cm³/mol. The monoisotopic (exact) mass is 345 g/mol. The third-order valence-corrected chi connectivity index (χ3v) is 5.13. The maximum Gasteiger partial charge on any atom is 0.260 e. The summed E-state index contributed by atoms with van der Waals surface area (Å²) < 4.78 is 0. The molecular weight excluding hydrogens is 330 g/mol. The Morgan fingerprint density at radius 1 is 1.35 bits per heavy atom. The number of nitrogens with zero attached hydrogens (tertiary/aromatic N) is 1. The van der Waals surface area contributed by atoms with E-state index in [0.29, 0.717) is 15.4 Å². The lowest BCUT2D eigenvalue weighted by Crippen LogP contribution is -2.23. The van der Waals surface area contributed by atoms with Crippen molar-refractivity contribution in [3.05, 3.63) is 51.6 Å². The second-order valence-electron chi connectivity index (χ2n) is 5.06. The van der Waals surface area contributed by atoms with E-state index in [9.17, 15) is 9.59 Å². The van der Waals surface area contributed by atoms with E-state index in [0.717, 1.165) is 10.6 Å². The van der Waals surface area contributed by atoms with Gasteiger partial charge in [-0.1, -0.05) is 30.0 Å². The van der Waals surface area contributed by atoms with Crippen LogP contribution in [0.15, 0.2) is 46.3 Å². The fourth-order valence-electron chi connectivity index (χ4n) is 2.07. The number of H-pyrrole nitrogens is 1. The molecule has 2 aromatic heterocycles. The smallest absolute Gasteiger partial charge is 0.260 e. The van der Waals surface area contributed by atoms with Crippen LogP contribution in [0.25, 0.3) is 10.2 Å². The number of thiophene rings is 1. The molecule has 3 aromatic rings. The number of benzene rings is 1. The Balaban J connectivity index is 1.75. The summed E-state index contributed by atoms with van der Waals surface area (Å²) in [6.07, 6.45) is 0. The van der Waals surface area contributed by atoms with Gasteiger partial charge in [0, 0.05) is 10.6 Å². The number of aromatic amines is 1. The van der Waals surface area contributed by atoms with Crippen LogP contribution in [0.2, 0.25) is 0 Å². The van der Waals surface area contributed by atoms with E-state index in [1.807, 2.05) is 43.3 Å². The molecule has 2 heterocycles. The molecule has 0 radical (unpaired) electrons. The molecule has 1 unspecified atom stereocenters. The maximum atomic E-state index is 12.2. The van der Waals surface area contributed by atoms with Crippen molar-refractivity contribution in [3.63, 3.8) is 0 Å². The molecule has 0 aliphatic rings. The minimum Gasteiger partial charge on any atom is -0.325 e. The van der Waals surface area contributed by atoms with Gasteiger partial charge in [0.25, 0.3) is 5.56 Å². The number of carbonyl (C=O) groups excluding carboxylic acids is 1. The standard InChI is InChI=1S/C16H15N3O2S2/c1-9-8-12-14(21)18-16(19-15(12)22-9)23-10(2)13(20)17-11-6-4-3-5-7-11/h3-8,10H,1-2H3,(H,17,20)(H,18,19,21). The molecule has 23 heavy (non-hydrogen) atoms.